The minimum Gasteiger partial charge on any atom is -0.371 e. The second-order valence-corrected chi connectivity index (χ2v) is 14.5. The highest BCUT2D eigenvalue weighted by atomic mass is 16.2. The lowest BCUT2D eigenvalue weighted by Crippen LogP contribution is -2.51. The van der Waals surface area contributed by atoms with Crippen LogP contribution in [0, 0.1) is 35.0 Å². The van der Waals surface area contributed by atoms with Gasteiger partial charge in [-0.15, -0.1) is 0 Å². The van der Waals surface area contributed by atoms with Gasteiger partial charge in [-0.05, 0) is 124 Å². The number of anilines is 2. The van der Waals surface area contributed by atoms with Crippen molar-refractivity contribution in [3.8, 4) is 0 Å². The molecule has 5 heteroatoms. The Morgan fingerprint density at radius 1 is 0.829 bits per heavy atom. The zero-order valence-corrected chi connectivity index (χ0v) is 24.8. The van der Waals surface area contributed by atoms with Crippen LogP contribution in [0.3, 0.4) is 0 Å². The molecular formula is C36H47N3O2. The summed E-state index contributed by atoms with van der Waals surface area (Å²) < 4.78 is 0. The van der Waals surface area contributed by atoms with Gasteiger partial charge in [0.25, 0.3) is 5.91 Å². The number of nitrogens with zero attached hydrogens (tertiary/aromatic N) is 2. The fraction of sp³-hybridized carbons (Fsp3) is 0.611. The van der Waals surface area contributed by atoms with Crippen LogP contribution in [-0.4, -0.2) is 42.9 Å². The van der Waals surface area contributed by atoms with E-state index in [2.05, 4.69) is 59.6 Å². The van der Waals surface area contributed by atoms with E-state index in [0.29, 0.717) is 11.8 Å². The molecule has 2 aromatic carbocycles. The first-order chi connectivity index (χ1) is 19.9. The first-order valence-electron chi connectivity index (χ1n) is 16.5. The summed E-state index contributed by atoms with van der Waals surface area (Å²) in [4.78, 5) is 32.3. The van der Waals surface area contributed by atoms with Gasteiger partial charge < -0.3 is 15.1 Å². The molecule has 218 valence electrons. The molecule has 0 radical (unpaired) electrons. The third-order valence-electron chi connectivity index (χ3n) is 11.4. The smallest absolute Gasteiger partial charge is 0.256 e. The molecule has 6 fully saturated rings. The number of hydrogen-bond acceptors (Lipinski definition) is 3. The molecular weight excluding hydrogens is 506 g/mol. The topological polar surface area (TPSA) is 52.7 Å². The monoisotopic (exact) mass is 553 g/mol. The van der Waals surface area contributed by atoms with Crippen molar-refractivity contribution in [2.45, 2.75) is 77.6 Å². The minimum atomic E-state index is -0.193. The van der Waals surface area contributed by atoms with Crippen LogP contribution >= 0.6 is 0 Å². The third kappa shape index (κ3) is 5.53. The molecule has 5 nitrogen and oxygen atoms in total. The summed E-state index contributed by atoms with van der Waals surface area (Å²) in [5.74, 6) is 3.89. The van der Waals surface area contributed by atoms with Gasteiger partial charge in [0.1, 0.15) is 0 Å². The summed E-state index contributed by atoms with van der Waals surface area (Å²) in [6.07, 6.45) is 12.7. The van der Waals surface area contributed by atoms with E-state index >= 15 is 0 Å². The summed E-state index contributed by atoms with van der Waals surface area (Å²) in [6.45, 7) is 5.86. The Morgan fingerprint density at radius 2 is 1.46 bits per heavy atom. The SMILES string of the molecule is CC1CCN(C(=O)c2cc(NC(=O)C34CC5CC(CC(C5)C3)C4)ccc2N2CCC(Cc3ccccc3)CC2)CC1. The average molecular weight is 554 g/mol. The molecule has 0 aromatic heterocycles. The molecule has 2 aliphatic heterocycles. The fourth-order valence-corrected chi connectivity index (χ4v) is 9.42. The molecule has 2 aromatic rings. The highest BCUT2D eigenvalue weighted by molar-refractivity contribution is 6.03. The lowest BCUT2D eigenvalue weighted by atomic mass is 9.49. The quantitative estimate of drug-likeness (QED) is 0.413. The van der Waals surface area contributed by atoms with Gasteiger partial charge in [-0.3, -0.25) is 9.59 Å². The molecule has 4 saturated carbocycles. The third-order valence-corrected chi connectivity index (χ3v) is 11.4. The van der Waals surface area contributed by atoms with Crippen LogP contribution in [0.1, 0.15) is 87.1 Å². The number of hydrogen-bond donors (Lipinski definition) is 1. The molecule has 0 atom stereocenters. The minimum absolute atomic E-state index is 0.129. The van der Waals surface area contributed by atoms with Crippen molar-refractivity contribution in [2.75, 3.05) is 36.4 Å². The van der Waals surface area contributed by atoms with Crippen LogP contribution in [0.15, 0.2) is 48.5 Å². The highest BCUT2D eigenvalue weighted by Crippen LogP contribution is 2.60. The molecule has 4 bridgehead atoms. The van der Waals surface area contributed by atoms with Crippen molar-refractivity contribution < 1.29 is 9.59 Å². The predicted octanol–water partition coefficient (Wildman–Crippen LogP) is 7.17. The maximum Gasteiger partial charge on any atom is 0.256 e. The lowest BCUT2D eigenvalue weighted by molar-refractivity contribution is -0.140. The van der Waals surface area contributed by atoms with Crippen LogP contribution in [0.2, 0.25) is 0 Å². The number of benzene rings is 2. The Balaban J connectivity index is 1.10. The van der Waals surface area contributed by atoms with Gasteiger partial charge in [-0.2, -0.15) is 0 Å². The van der Waals surface area contributed by atoms with Gasteiger partial charge in [0.05, 0.1) is 11.0 Å². The molecule has 0 unspecified atom stereocenters. The Kier molecular flexibility index (Phi) is 7.33. The summed E-state index contributed by atoms with van der Waals surface area (Å²) in [6, 6.07) is 17.0. The second kappa shape index (κ2) is 11.1. The summed E-state index contributed by atoms with van der Waals surface area (Å²) in [5, 5.41) is 3.34. The summed E-state index contributed by atoms with van der Waals surface area (Å²) in [7, 11) is 0. The molecule has 0 spiro atoms. The number of carbonyl (C=O) groups is 2. The van der Waals surface area contributed by atoms with Gasteiger partial charge in [0.2, 0.25) is 5.91 Å². The average Bonchev–Trinajstić information content (AvgIpc) is 2.97. The van der Waals surface area contributed by atoms with Crippen molar-refractivity contribution in [3.63, 3.8) is 0 Å². The van der Waals surface area contributed by atoms with Gasteiger partial charge in [0.15, 0.2) is 0 Å². The van der Waals surface area contributed by atoms with Crippen molar-refractivity contribution in [1.82, 2.24) is 4.90 Å². The van der Waals surface area contributed by atoms with Crippen molar-refractivity contribution in [3.05, 3.63) is 59.7 Å². The van der Waals surface area contributed by atoms with Gasteiger partial charge in [-0.25, -0.2) is 0 Å². The predicted molar refractivity (Wildman–Crippen MR) is 165 cm³/mol. The maximum atomic E-state index is 14.0. The van der Waals surface area contributed by atoms with Crippen molar-refractivity contribution >= 4 is 23.2 Å². The number of carbonyl (C=O) groups excluding carboxylic acids is 2. The molecule has 41 heavy (non-hydrogen) atoms. The number of rotatable bonds is 6. The van der Waals surface area contributed by atoms with Crippen molar-refractivity contribution in [1.29, 1.82) is 0 Å². The largest absolute Gasteiger partial charge is 0.371 e. The Morgan fingerprint density at radius 3 is 2.10 bits per heavy atom. The molecule has 2 saturated heterocycles. The van der Waals surface area contributed by atoms with Crippen LogP contribution in [0.4, 0.5) is 11.4 Å². The Bertz CT molecular complexity index is 1220. The Labute approximate surface area is 246 Å². The van der Waals surface area contributed by atoms with E-state index in [-0.39, 0.29) is 17.2 Å². The van der Waals surface area contributed by atoms with E-state index in [4.69, 9.17) is 0 Å². The number of amides is 2. The fourth-order valence-electron chi connectivity index (χ4n) is 9.42. The lowest BCUT2D eigenvalue weighted by Gasteiger charge is -2.55. The van der Waals surface area contributed by atoms with E-state index in [1.54, 1.807) is 0 Å². The van der Waals surface area contributed by atoms with Crippen LogP contribution in [0.25, 0.3) is 0 Å². The summed E-state index contributed by atoms with van der Waals surface area (Å²) in [5.41, 5.74) is 3.83. The van der Waals surface area contributed by atoms with E-state index < -0.39 is 0 Å². The molecule has 2 heterocycles. The maximum absolute atomic E-state index is 14.0. The number of piperidine rings is 2. The molecule has 2 amide bonds. The van der Waals surface area contributed by atoms with E-state index in [1.807, 2.05) is 11.0 Å². The van der Waals surface area contributed by atoms with E-state index in [9.17, 15) is 9.59 Å². The van der Waals surface area contributed by atoms with Crippen LogP contribution < -0.4 is 10.2 Å². The Hall–Kier alpha value is -2.82. The highest BCUT2D eigenvalue weighted by Gasteiger charge is 2.54. The van der Waals surface area contributed by atoms with Gasteiger partial charge in [-0.1, -0.05) is 37.3 Å². The standard InChI is InChI=1S/C36H47N3O2/c1-25-9-13-39(14-10-25)34(40)32-21-31(37-35(41)36-22-28-18-29(23-36)20-30(19-28)24-36)7-8-33(32)38-15-11-27(12-16-38)17-26-5-3-2-4-6-26/h2-8,21,25,27-30H,9-20,22-24H2,1H3,(H,37,41). The van der Waals surface area contributed by atoms with Crippen LogP contribution in [-0.2, 0) is 11.2 Å². The van der Waals surface area contributed by atoms with Crippen LogP contribution in [0.5, 0.6) is 0 Å². The molecule has 4 aliphatic carbocycles. The molecule has 6 aliphatic rings. The van der Waals surface area contributed by atoms with E-state index in [1.165, 1.54) is 24.8 Å². The second-order valence-electron chi connectivity index (χ2n) is 14.5. The van der Waals surface area contributed by atoms with E-state index in [0.717, 1.165) is 112 Å². The first-order valence-corrected chi connectivity index (χ1v) is 16.5. The number of likely N-dealkylation sites (tertiary alicyclic amines) is 1. The van der Waals surface area contributed by atoms with Gasteiger partial charge in [0, 0.05) is 37.6 Å². The molecule has 1 N–H and O–H groups in total. The first kappa shape index (κ1) is 27.0. The summed E-state index contributed by atoms with van der Waals surface area (Å²) >= 11 is 0. The van der Waals surface area contributed by atoms with Gasteiger partial charge >= 0.3 is 0 Å². The van der Waals surface area contributed by atoms with Crippen molar-refractivity contribution in [2.24, 2.45) is 35.0 Å². The normalized spacial score (nSPS) is 30.0. The number of nitrogens with one attached hydrogen (secondary N) is 1. The molecule has 8 rings (SSSR count). The zero-order chi connectivity index (χ0) is 28.0. The zero-order valence-electron chi connectivity index (χ0n) is 24.8.